The van der Waals surface area contributed by atoms with Gasteiger partial charge in [-0.3, -0.25) is 9.97 Å². The van der Waals surface area contributed by atoms with Crippen molar-refractivity contribution in [1.29, 1.82) is 0 Å². The van der Waals surface area contributed by atoms with Crippen molar-refractivity contribution in [2.75, 3.05) is 18.4 Å². The van der Waals surface area contributed by atoms with Crippen LogP contribution >= 0.6 is 11.6 Å². The Labute approximate surface area is 140 Å². The first-order chi connectivity index (χ1) is 11.2. The number of anilines is 1. The third-order valence-electron chi connectivity index (χ3n) is 4.11. The fraction of sp³-hybridized carbons (Fsp3) is 0.353. The average molecular weight is 331 g/mol. The number of nitrogens with one attached hydrogen (secondary N) is 1. The van der Waals surface area contributed by atoms with Gasteiger partial charge in [0, 0.05) is 31.7 Å². The number of carbonyl (C=O) groups is 1. The zero-order valence-corrected chi connectivity index (χ0v) is 13.5. The number of aromatic nitrogens is 2. The lowest BCUT2D eigenvalue weighted by molar-refractivity contribution is 0.182. The van der Waals surface area contributed by atoms with Gasteiger partial charge in [-0.25, -0.2) is 4.79 Å². The summed E-state index contributed by atoms with van der Waals surface area (Å²) in [5.74, 6) is 0.607. The van der Waals surface area contributed by atoms with E-state index in [1.165, 1.54) is 5.56 Å². The number of pyridine rings is 2. The summed E-state index contributed by atoms with van der Waals surface area (Å²) in [5, 5.41) is 3.36. The van der Waals surface area contributed by atoms with Crippen molar-refractivity contribution < 1.29 is 4.79 Å². The van der Waals surface area contributed by atoms with Gasteiger partial charge < -0.3 is 10.2 Å². The second-order valence-electron chi connectivity index (χ2n) is 5.82. The maximum Gasteiger partial charge on any atom is 0.321 e. The van der Waals surface area contributed by atoms with E-state index in [4.69, 9.17) is 11.6 Å². The number of carbonyl (C=O) groups excluding carboxylic acids is 1. The molecule has 6 heteroatoms. The van der Waals surface area contributed by atoms with Crippen LogP contribution in [0.2, 0.25) is 5.02 Å². The molecule has 1 aliphatic heterocycles. The van der Waals surface area contributed by atoms with Crippen molar-refractivity contribution in [3.05, 3.63) is 53.6 Å². The maximum absolute atomic E-state index is 12.3. The molecule has 120 valence electrons. The molecule has 1 aliphatic rings. The summed E-state index contributed by atoms with van der Waals surface area (Å²) in [6.45, 7) is 1.54. The van der Waals surface area contributed by atoms with E-state index in [2.05, 4.69) is 21.4 Å². The van der Waals surface area contributed by atoms with Crippen LogP contribution < -0.4 is 5.32 Å². The lowest BCUT2D eigenvalue weighted by Crippen LogP contribution is -2.41. The van der Waals surface area contributed by atoms with Gasteiger partial charge in [0.25, 0.3) is 0 Å². The van der Waals surface area contributed by atoms with Gasteiger partial charge in [0.1, 0.15) is 0 Å². The highest BCUT2D eigenvalue weighted by Gasteiger charge is 2.23. The van der Waals surface area contributed by atoms with Crippen molar-refractivity contribution in [3.63, 3.8) is 0 Å². The molecule has 0 unspecified atom stereocenters. The van der Waals surface area contributed by atoms with Crippen LogP contribution in [0, 0.1) is 5.92 Å². The van der Waals surface area contributed by atoms with Crippen LogP contribution in [-0.4, -0.2) is 34.0 Å². The summed E-state index contributed by atoms with van der Waals surface area (Å²) in [6.07, 6.45) is 9.90. The first-order valence-corrected chi connectivity index (χ1v) is 8.14. The Morgan fingerprint density at radius 2 is 2.09 bits per heavy atom. The quantitative estimate of drug-likeness (QED) is 0.935. The normalized spacial score (nSPS) is 15.4. The molecule has 0 radical (unpaired) electrons. The fourth-order valence-corrected chi connectivity index (χ4v) is 3.05. The summed E-state index contributed by atoms with van der Waals surface area (Å²) in [7, 11) is 0. The Morgan fingerprint density at radius 3 is 2.78 bits per heavy atom. The van der Waals surface area contributed by atoms with Gasteiger partial charge in [-0.05, 0) is 42.9 Å². The van der Waals surface area contributed by atoms with Crippen LogP contribution in [0.3, 0.4) is 0 Å². The molecular weight excluding hydrogens is 312 g/mol. The van der Waals surface area contributed by atoms with Crippen LogP contribution in [0.4, 0.5) is 10.5 Å². The number of piperidine rings is 1. The number of halogens is 1. The van der Waals surface area contributed by atoms with Gasteiger partial charge in [0.15, 0.2) is 0 Å². The minimum absolute atomic E-state index is 0.0890. The largest absolute Gasteiger partial charge is 0.325 e. The second kappa shape index (κ2) is 7.42. The molecule has 0 aromatic carbocycles. The van der Waals surface area contributed by atoms with Gasteiger partial charge >= 0.3 is 6.03 Å². The Balaban J connectivity index is 1.49. The van der Waals surface area contributed by atoms with E-state index in [-0.39, 0.29) is 6.03 Å². The van der Waals surface area contributed by atoms with Crippen LogP contribution in [-0.2, 0) is 6.42 Å². The highest BCUT2D eigenvalue weighted by atomic mass is 35.5. The van der Waals surface area contributed by atoms with E-state index in [1.807, 2.05) is 17.2 Å². The van der Waals surface area contributed by atoms with Crippen molar-refractivity contribution in [1.82, 2.24) is 14.9 Å². The van der Waals surface area contributed by atoms with Gasteiger partial charge in [0.2, 0.25) is 0 Å². The number of rotatable bonds is 3. The summed E-state index contributed by atoms with van der Waals surface area (Å²) >= 11 is 5.88. The van der Waals surface area contributed by atoms with Crippen LogP contribution in [0.15, 0.2) is 43.0 Å². The fourth-order valence-electron chi connectivity index (χ4n) is 2.88. The molecule has 0 bridgehead atoms. The number of hydrogen-bond acceptors (Lipinski definition) is 3. The second-order valence-corrected chi connectivity index (χ2v) is 6.25. The van der Waals surface area contributed by atoms with Gasteiger partial charge in [-0.2, -0.15) is 0 Å². The Bertz CT molecular complexity index is 657. The van der Waals surface area contributed by atoms with E-state index in [1.54, 1.807) is 24.7 Å². The third-order valence-corrected chi connectivity index (χ3v) is 4.31. The molecule has 0 atom stereocenters. The molecule has 1 N–H and O–H groups in total. The summed E-state index contributed by atoms with van der Waals surface area (Å²) in [6, 6.07) is 5.69. The van der Waals surface area contributed by atoms with E-state index in [9.17, 15) is 4.79 Å². The molecule has 5 nitrogen and oxygen atoms in total. The molecule has 3 heterocycles. The summed E-state index contributed by atoms with van der Waals surface area (Å²) in [5.41, 5.74) is 1.89. The van der Waals surface area contributed by atoms with Gasteiger partial charge in [-0.15, -0.1) is 0 Å². The summed E-state index contributed by atoms with van der Waals surface area (Å²) < 4.78 is 0. The number of urea groups is 1. The number of likely N-dealkylation sites (tertiary alicyclic amines) is 1. The Morgan fingerprint density at radius 1 is 1.26 bits per heavy atom. The predicted octanol–water partition coefficient (Wildman–Crippen LogP) is 3.62. The standard InChI is InChI=1S/C17H19ClN4O/c18-15-9-16(12-20-11-15)21-17(23)22-6-3-13(4-7-22)8-14-2-1-5-19-10-14/h1-2,5,9-13H,3-4,6-8H2,(H,21,23). The molecular formula is C17H19ClN4O. The van der Waals surface area contributed by atoms with Crippen molar-refractivity contribution >= 4 is 23.3 Å². The molecule has 2 amide bonds. The topological polar surface area (TPSA) is 58.1 Å². The Hall–Kier alpha value is -2.14. The van der Waals surface area contributed by atoms with Crippen LogP contribution in [0.1, 0.15) is 18.4 Å². The van der Waals surface area contributed by atoms with Crippen molar-refractivity contribution in [3.8, 4) is 0 Å². The summed E-state index contributed by atoms with van der Waals surface area (Å²) in [4.78, 5) is 22.3. The lowest BCUT2D eigenvalue weighted by Gasteiger charge is -2.32. The van der Waals surface area contributed by atoms with Crippen LogP contribution in [0.25, 0.3) is 0 Å². The van der Waals surface area contributed by atoms with E-state index < -0.39 is 0 Å². The smallest absolute Gasteiger partial charge is 0.321 e. The molecule has 0 aliphatic carbocycles. The maximum atomic E-state index is 12.3. The molecule has 23 heavy (non-hydrogen) atoms. The molecule has 1 saturated heterocycles. The molecule has 1 fully saturated rings. The zero-order chi connectivity index (χ0) is 16.1. The van der Waals surface area contributed by atoms with E-state index >= 15 is 0 Å². The third kappa shape index (κ3) is 4.42. The Kier molecular flexibility index (Phi) is 5.08. The van der Waals surface area contributed by atoms with Gasteiger partial charge in [-0.1, -0.05) is 17.7 Å². The van der Waals surface area contributed by atoms with Crippen molar-refractivity contribution in [2.45, 2.75) is 19.3 Å². The van der Waals surface area contributed by atoms with E-state index in [0.29, 0.717) is 16.6 Å². The van der Waals surface area contributed by atoms with Crippen LogP contribution in [0.5, 0.6) is 0 Å². The average Bonchev–Trinajstić information content (AvgIpc) is 2.56. The molecule has 3 rings (SSSR count). The SMILES string of the molecule is O=C(Nc1cncc(Cl)c1)N1CCC(Cc2cccnc2)CC1. The zero-order valence-electron chi connectivity index (χ0n) is 12.8. The molecule has 2 aromatic heterocycles. The first-order valence-electron chi connectivity index (χ1n) is 7.76. The number of amides is 2. The first kappa shape index (κ1) is 15.7. The highest BCUT2D eigenvalue weighted by Crippen LogP contribution is 2.22. The van der Waals surface area contributed by atoms with E-state index in [0.717, 1.165) is 32.4 Å². The molecule has 0 saturated carbocycles. The molecule has 0 spiro atoms. The number of nitrogens with zero attached hydrogens (tertiary/aromatic N) is 3. The van der Waals surface area contributed by atoms with Gasteiger partial charge in [0.05, 0.1) is 16.9 Å². The monoisotopic (exact) mass is 330 g/mol. The predicted molar refractivity (Wildman–Crippen MR) is 90.5 cm³/mol. The minimum atomic E-state index is -0.0890. The molecule has 2 aromatic rings. The minimum Gasteiger partial charge on any atom is -0.325 e. The number of hydrogen-bond donors (Lipinski definition) is 1. The lowest BCUT2D eigenvalue weighted by atomic mass is 9.91. The highest BCUT2D eigenvalue weighted by molar-refractivity contribution is 6.30. The van der Waals surface area contributed by atoms with Crippen molar-refractivity contribution in [2.24, 2.45) is 5.92 Å².